The highest BCUT2D eigenvalue weighted by atomic mass is 14.8. The van der Waals surface area contributed by atoms with Crippen LogP contribution >= 0.6 is 0 Å². The molecule has 1 unspecified atom stereocenters. The van der Waals surface area contributed by atoms with Crippen molar-refractivity contribution in [2.75, 3.05) is 13.6 Å². The number of nitrogens with one attached hydrogen (secondary N) is 1. The van der Waals surface area contributed by atoms with Crippen molar-refractivity contribution in [3.8, 4) is 0 Å². The molecule has 0 rings (SSSR count). The second-order valence-electron chi connectivity index (χ2n) is 5.14. The van der Waals surface area contributed by atoms with E-state index in [-0.39, 0.29) is 0 Å². The molecule has 0 aromatic carbocycles. The van der Waals surface area contributed by atoms with E-state index in [0.29, 0.717) is 0 Å². The summed E-state index contributed by atoms with van der Waals surface area (Å²) < 4.78 is 0. The Kier molecular flexibility index (Phi) is 33.0. The maximum atomic E-state index is 3.16. The van der Waals surface area contributed by atoms with Gasteiger partial charge in [-0.05, 0) is 25.9 Å². The third-order valence-corrected chi connectivity index (χ3v) is 2.88. The van der Waals surface area contributed by atoms with Crippen LogP contribution in [0.2, 0.25) is 0 Å². The van der Waals surface area contributed by atoms with Crippen LogP contribution in [0.15, 0.2) is 0 Å². The molecule has 0 radical (unpaired) electrons. The summed E-state index contributed by atoms with van der Waals surface area (Å²) >= 11 is 0. The summed E-state index contributed by atoms with van der Waals surface area (Å²) in [7, 11) is 2.01. The summed E-state index contributed by atoms with van der Waals surface area (Å²) in [4.78, 5) is 0. The van der Waals surface area contributed by atoms with Gasteiger partial charge in [0.25, 0.3) is 0 Å². The molecule has 0 fully saturated rings. The summed E-state index contributed by atoms with van der Waals surface area (Å²) in [5, 5.41) is 3.16. The number of hydrogen-bond donors (Lipinski definition) is 1. The van der Waals surface area contributed by atoms with Gasteiger partial charge in [-0.3, -0.25) is 0 Å². The molecule has 0 aliphatic carbocycles. The van der Waals surface area contributed by atoms with Crippen LogP contribution in [0.5, 0.6) is 0 Å². The Morgan fingerprint density at radius 1 is 0.722 bits per heavy atom. The van der Waals surface area contributed by atoms with Gasteiger partial charge in [-0.2, -0.15) is 0 Å². The van der Waals surface area contributed by atoms with Gasteiger partial charge in [-0.15, -0.1) is 0 Å². The van der Waals surface area contributed by atoms with Gasteiger partial charge in [0, 0.05) is 0 Å². The molecule has 1 heteroatoms. The summed E-state index contributed by atoms with van der Waals surface area (Å²) in [6, 6.07) is 0. The largest absolute Gasteiger partial charge is 0.320 e. The van der Waals surface area contributed by atoms with Gasteiger partial charge in [0.05, 0.1) is 0 Å². The molecule has 0 aliphatic rings. The van der Waals surface area contributed by atoms with E-state index >= 15 is 0 Å². The van der Waals surface area contributed by atoms with Gasteiger partial charge >= 0.3 is 0 Å². The molecule has 0 saturated carbocycles. The zero-order valence-corrected chi connectivity index (χ0v) is 14.4. The predicted octanol–water partition coefficient (Wildman–Crippen LogP) is 6.04. The van der Waals surface area contributed by atoms with Gasteiger partial charge in [0.1, 0.15) is 0 Å². The number of rotatable bonds is 8. The molecule has 1 atom stereocenters. The smallest absolute Gasteiger partial charge is 0.00494 e. The fourth-order valence-corrected chi connectivity index (χ4v) is 1.38. The van der Waals surface area contributed by atoms with Crippen molar-refractivity contribution in [3.05, 3.63) is 0 Å². The second kappa shape index (κ2) is 25.7. The minimum absolute atomic E-state index is 0.905. The minimum atomic E-state index is 0.905. The third-order valence-electron chi connectivity index (χ3n) is 2.88. The fourth-order valence-electron chi connectivity index (χ4n) is 1.38. The zero-order valence-electron chi connectivity index (χ0n) is 14.4. The van der Waals surface area contributed by atoms with Gasteiger partial charge in [0.15, 0.2) is 0 Å². The van der Waals surface area contributed by atoms with E-state index in [1.54, 1.807) is 0 Å². The molecule has 0 aromatic rings. The van der Waals surface area contributed by atoms with E-state index in [2.05, 4.69) is 46.9 Å². The normalized spacial score (nSPS) is 10.8. The average molecular weight is 260 g/mol. The maximum Gasteiger partial charge on any atom is -0.00494 e. The lowest BCUT2D eigenvalue weighted by Gasteiger charge is -2.07. The van der Waals surface area contributed by atoms with Crippen LogP contribution in [0.3, 0.4) is 0 Å². The quantitative estimate of drug-likeness (QED) is 0.561. The Morgan fingerprint density at radius 2 is 1.22 bits per heavy atom. The van der Waals surface area contributed by atoms with Crippen molar-refractivity contribution in [1.29, 1.82) is 0 Å². The molecule has 18 heavy (non-hydrogen) atoms. The SMILES string of the molecule is CCCC.CCCC(C)CCNC.CCCCC. The van der Waals surface area contributed by atoms with Crippen molar-refractivity contribution in [2.45, 2.75) is 92.9 Å². The van der Waals surface area contributed by atoms with Gasteiger partial charge in [-0.25, -0.2) is 0 Å². The Morgan fingerprint density at radius 3 is 1.44 bits per heavy atom. The zero-order chi connectivity index (χ0) is 14.6. The maximum absolute atomic E-state index is 3.16. The van der Waals surface area contributed by atoms with Crippen molar-refractivity contribution in [3.63, 3.8) is 0 Å². The Bertz CT molecular complexity index is 97.8. The summed E-state index contributed by atoms with van der Waals surface area (Å²) in [6.45, 7) is 14.5. The van der Waals surface area contributed by atoms with Gasteiger partial charge in [-0.1, -0.05) is 86.5 Å². The van der Waals surface area contributed by atoms with E-state index in [9.17, 15) is 0 Å². The fraction of sp³-hybridized carbons (Fsp3) is 1.00. The predicted molar refractivity (Wildman–Crippen MR) is 88.4 cm³/mol. The van der Waals surface area contributed by atoms with E-state index in [1.165, 1.54) is 57.9 Å². The third kappa shape index (κ3) is 36.0. The van der Waals surface area contributed by atoms with Crippen molar-refractivity contribution < 1.29 is 0 Å². The Hall–Kier alpha value is -0.0400. The molecule has 0 amide bonds. The van der Waals surface area contributed by atoms with Gasteiger partial charge in [0.2, 0.25) is 0 Å². The van der Waals surface area contributed by atoms with Crippen LogP contribution in [0, 0.1) is 5.92 Å². The van der Waals surface area contributed by atoms with Crippen molar-refractivity contribution >= 4 is 0 Å². The summed E-state index contributed by atoms with van der Waals surface area (Å²) in [5.41, 5.74) is 0. The lowest BCUT2D eigenvalue weighted by Crippen LogP contribution is -2.11. The second-order valence-corrected chi connectivity index (χ2v) is 5.14. The number of unbranched alkanes of at least 4 members (excludes halogenated alkanes) is 3. The molecule has 0 aromatic heterocycles. The highest BCUT2D eigenvalue weighted by molar-refractivity contribution is 4.52. The monoisotopic (exact) mass is 259 g/mol. The molecular weight excluding hydrogens is 218 g/mol. The van der Waals surface area contributed by atoms with E-state index < -0.39 is 0 Å². The lowest BCUT2D eigenvalue weighted by molar-refractivity contribution is 0.476. The van der Waals surface area contributed by atoms with E-state index in [4.69, 9.17) is 0 Å². The number of hydrogen-bond acceptors (Lipinski definition) is 1. The Balaban J connectivity index is -0.000000212. The first-order valence-electron chi connectivity index (χ1n) is 8.28. The van der Waals surface area contributed by atoms with E-state index in [1.807, 2.05) is 7.05 Å². The molecule has 1 N–H and O–H groups in total. The molecule has 0 saturated heterocycles. The van der Waals surface area contributed by atoms with Crippen LogP contribution < -0.4 is 5.32 Å². The lowest BCUT2D eigenvalue weighted by atomic mass is 10.0. The van der Waals surface area contributed by atoms with Crippen LogP contribution in [-0.2, 0) is 0 Å². The first-order chi connectivity index (χ1) is 8.64. The highest BCUT2D eigenvalue weighted by Gasteiger charge is 1.97. The highest BCUT2D eigenvalue weighted by Crippen LogP contribution is 2.07. The molecule has 0 aliphatic heterocycles. The molecule has 0 heterocycles. The molecule has 114 valence electrons. The first-order valence-corrected chi connectivity index (χ1v) is 8.28. The summed E-state index contributed by atoms with van der Waals surface area (Å²) in [5.74, 6) is 0.905. The van der Waals surface area contributed by atoms with Gasteiger partial charge < -0.3 is 5.32 Å². The van der Waals surface area contributed by atoms with Crippen LogP contribution in [0.4, 0.5) is 0 Å². The van der Waals surface area contributed by atoms with Crippen molar-refractivity contribution in [2.24, 2.45) is 5.92 Å². The van der Waals surface area contributed by atoms with Crippen molar-refractivity contribution in [1.82, 2.24) is 5.32 Å². The summed E-state index contributed by atoms with van der Waals surface area (Å²) in [6.07, 6.45) is 10.7. The molecular formula is C17H41N. The molecule has 0 spiro atoms. The van der Waals surface area contributed by atoms with Crippen LogP contribution in [-0.4, -0.2) is 13.6 Å². The standard InChI is InChI=1S/C8H19N.C5H12.C4H10/c1-4-5-8(2)6-7-9-3;1-3-5-4-2;1-3-4-2/h8-9H,4-7H2,1-3H3;3-5H2,1-2H3;3-4H2,1-2H3. The van der Waals surface area contributed by atoms with Crippen LogP contribution in [0.25, 0.3) is 0 Å². The Labute approximate surface area is 118 Å². The topological polar surface area (TPSA) is 12.0 Å². The minimum Gasteiger partial charge on any atom is -0.320 e. The van der Waals surface area contributed by atoms with E-state index in [0.717, 1.165) is 5.92 Å². The average Bonchev–Trinajstić information content (AvgIpc) is 2.39. The molecule has 0 bridgehead atoms. The van der Waals surface area contributed by atoms with Crippen LogP contribution in [0.1, 0.15) is 92.9 Å². The first kappa shape index (κ1) is 23.1. The molecule has 1 nitrogen and oxygen atoms in total.